The van der Waals surface area contributed by atoms with E-state index in [1.807, 2.05) is 39.0 Å². The molecule has 136 valence electrons. The minimum Gasteiger partial charge on any atom is -0.321 e. The number of nitrogens with zero attached hydrogens (tertiary/aromatic N) is 2. The number of anilines is 1. The van der Waals surface area contributed by atoms with Crippen molar-refractivity contribution in [2.45, 2.75) is 33.6 Å². The summed E-state index contributed by atoms with van der Waals surface area (Å²) in [7, 11) is 0. The van der Waals surface area contributed by atoms with Crippen LogP contribution in [0.15, 0.2) is 30.3 Å². The van der Waals surface area contributed by atoms with Gasteiger partial charge in [0.1, 0.15) is 5.56 Å². The zero-order valence-corrected chi connectivity index (χ0v) is 14.9. The number of rotatable bonds is 5. The summed E-state index contributed by atoms with van der Waals surface area (Å²) in [4.78, 5) is 33.5. The lowest BCUT2D eigenvalue weighted by molar-refractivity contribution is -0.395. The van der Waals surface area contributed by atoms with Crippen molar-refractivity contribution in [3.05, 3.63) is 72.8 Å². The van der Waals surface area contributed by atoms with Crippen LogP contribution in [0.1, 0.15) is 46.8 Å². The molecule has 2 aromatic rings. The molecule has 0 saturated carbocycles. The number of hydrogen-bond acceptors (Lipinski definition) is 5. The van der Waals surface area contributed by atoms with Crippen LogP contribution in [0.5, 0.6) is 0 Å². The SMILES string of the molecule is Cc1cccc(C(C)C)c1NC(=O)c1cc([N+](=O)[O-])c(C)c([N+](=O)[O-])c1. The smallest absolute Gasteiger partial charge is 0.279 e. The zero-order chi connectivity index (χ0) is 19.6. The summed E-state index contributed by atoms with van der Waals surface area (Å²) in [6.07, 6.45) is 0. The third kappa shape index (κ3) is 3.69. The maximum absolute atomic E-state index is 12.6. The van der Waals surface area contributed by atoms with Gasteiger partial charge in [-0.05, 0) is 30.9 Å². The van der Waals surface area contributed by atoms with Crippen LogP contribution in [-0.2, 0) is 0 Å². The Hall–Kier alpha value is -3.29. The van der Waals surface area contributed by atoms with Crippen LogP contribution < -0.4 is 5.32 Å². The molecule has 0 unspecified atom stereocenters. The van der Waals surface area contributed by atoms with Crippen LogP contribution in [0.3, 0.4) is 0 Å². The standard InChI is InChI=1S/C18H19N3O5/c1-10(2)14-7-5-6-11(3)17(14)19-18(22)13-8-15(20(23)24)12(4)16(9-13)21(25)26/h5-10H,1-4H3,(H,19,22). The molecule has 8 nitrogen and oxygen atoms in total. The molecule has 0 spiro atoms. The quantitative estimate of drug-likeness (QED) is 0.625. The van der Waals surface area contributed by atoms with Gasteiger partial charge in [0, 0.05) is 17.8 Å². The highest BCUT2D eigenvalue weighted by molar-refractivity contribution is 6.06. The first-order valence-corrected chi connectivity index (χ1v) is 7.97. The van der Waals surface area contributed by atoms with Crippen molar-refractivity contribution in [3.8, 4) is 0 Å². The Kier molecular flexibility index (Phi) is 5.35. The molecule has 1 amide bonds. The first-order valence-electron chi connectivity index (χ1n) is 7.97. The van der Waals surface area contributed by atoms with Gasteiger partial charge in [-0.25, -0.2) is 0 Å². The zero-order valence-electron chi connectivity index (χ0n) is 14.9. The fourth-order valence-corrected chi connectivity index (χ4v) is 2.72. The minimum absolute atomic E-state index is 0.0877. The van der Waals surface area contributed by atoms with Crippen molar-refractivity contribution >= 4 is 23.0 Å². The molecule has 2 rings (SSSR count). The lowest BCUT2D eigenvalue weighted by Gasteiger charge is -2.16. The molecule has 0 radical (unpaired) electrons. The van der Waals surface area contributed by atoms with Gasteiger partial charge in [0.05, 0.1) is 15.4 Å². The van der Waals surface area contributed by atoms with Gasteiger partial charge in [-0.15, -0.1) is 0 Å². The van der Waals surface area contributed by atoms with Gasteiger partial charge in [-0.1, -0.05) is 32.0 Å². The molecule has 0 aliphatic rings. The number of nitro groups is 2. The summed E-state index contributed by atoms with van der Waals surface area (Å²) in [5, 5.41) is 25.1. The maximum Gasteiger partial charge on any atom is 0.279 e. The molecule has 0 fully saturated rings. The second-order valence-electron chi connectivity index (χ2n) is 6.30. The Bertz CT molecular complexity index is 871. The highest BCUT2D eigenvalue weighted by Gasteiger charge is 2.26. The summed E-state index contributed by atoms with van der Waals surface area (Å²) in [5.41, 5.74) is 1.22. The second kappa shape index (κ2) is 7.30. The molecule has 0 aliphatic carbocycles. The highest BCUT2D eigenvalue weighted by Crippen LogP contribution is 2.31. The number of nitro benzene ring substituents is 2. The van der Waals surface area contributed by atoms with E-state index in [0.717, 1.165) is 23.3 Å². The normalized spacial score (nSPS) is 10.7. The molecule has 1 N–H and O–H groups in total. The predicted molar refractivity (Wildman–Crippen MR) is 97.7 cm³/mol. The van der Waals surface area contributed by atoms with Crippen molar-refractivity contribution in [2.24, 2.45) is 0 Å². The summed E-state index contributed by atoms with van der Waals surface area (Å²) in [6.45, 7) is 7.08. The largest absolute Gasteiger partial charge is 0.321 e. The molecule has 0 atom stereocenters. The average Bonchev–Trinajstić information content (AvgIpc) is 2.55. The molecule has 0 saturated heterocycles. The first kappa shape index (κ1) is 19.0. The molecule has 8 heteroatoms. The van der Waals surface area contributed by atoms with Crippen LogP contribution in [-0.4, -0.2) is 15.8 Å². The molecule has 26 heavy (non-hydrogen) atoms. The minimum atomic E-state index is -0.730. The van der Waals surface area contributed by atoms with Gasteiger partial charge < -0.3 is 5.32 Å². The number of carbonyl (C=O) groups is 1. The predicted octanol–water partition coefficient (Wildman–Crippen LogP) is 4.50. The summed E-state index contributed by atoms with van der Waals surface area (Å²) in [6, 6.07) is 7.71. The number of nitrogens with one attached hydrogen (secondary N) is 1. The lowest BCUT2D eigenvalue weighted by Crippen LogP contribution is -2.16. The Morgan fingerprint density at radius 3 is 2.04 bits per heavy atom. The van der Waals surface area contributed by atoms with Crippen molar-refractivity contribution in [1.29, 1.82) is 0 Å². The van der Waals surface area contributed by atoms with Crippen molar-refractivity contribution in [1.82, 2.24) is 0 Å². The molecule has 0 heterocycles. The van der Waals surface area contributed by atoms with E-state index >= 15 is 0 Å². The molecule has 0 bridgehead atoms. The van der Waals surface area contributed by atoms with Gasteiger partial charge >= 0.3 is 0 Å². The van der Waals surface area contributed by atoms with E-state index < -0.39 is 27.1 Å². The Morgan fingerprint density at radius 2 is 1.58 bits per heavy atom. The Labute approximate surface area is 150 Å². The van der Waals surface area contributed by atoms with E-state index in [4.69, 9.17) is 0 Å². The first-order chi connectivity index (χ1) is 12.1. The molecule has 2 aromatic carbocycles. The van der Waals surface area contributed by atoms with Crippen LogP contribution in [0.2, 0.25) is 0 Å². The Morgan fingerprint density at radius 1 is 1.04 bits per heavy atom. The highest BCUT2D eigenvalue weighted by atomic mass is 16.6. The van der Waals surface area contributed by atoms with E-state index in [9.17, 15) is 25.0 Å². The van der Waals surface area contributed by atoms with E-state index in [2.05, 4.69) is 5.32 Å². The summed E-state index contributed by atoms with van der Waals surface area (Å²) < 4.78 is 0. The third-order valence-corrected chi connectivity index (χ3v) is 4.17. The second-order valence-corrected chi connectivity index (χ2v) is 6.30. The van der Waals surface area contributed by atoms with Crippen LogP contribution in [0.25, 0.3) is 0 Å². The number of benzene rings is 2. The monoisotopic (exact) mass is 357 g/mol. The van der Waals surface area contributed by atoms with Crippen molar-refractivity contribution < 1.29 is 14.6 Å². The van der Waals surface area contributed by atoms with Crippen LogP contribution in [0.4, 0.5) is 17.1 Å². The summed E-state index contributed by atoms with van der Waals surface area (Å²) >= 11 is 0. The van der Waals surface area contributed by atoms with Crippen molar-refractivity contribution in [2.75, 3.05) is 5.32 Å². The van der Waals surface area contributed by atoms with Crippen molar-refractivity contribution in [3.63, 3.8) is 0 Å². The lowest BCUT2D eigenvalue weighted by atomic mass is 9.98. The number of hydrogen-bond donors (Lipinski definition) is 1. The van der Waals surface area contributed by atoms with Gasteiger partial charge in [0.25, 0.3) is 17.3 Å². The topological polar surface area (TPSA) is 115 Å². The Balaban J connectivity index is 2.52. The average molecular weight is 357 g/mol. The van der Waals surface area contributed by atoms with Crippen LogP contribution in [0, 0.1) is 34.1 Å². The maximum atomic E-state index is 12.6. The summed E-state index contributed by atoms with van der Waals surface area (Å²) in [5.74, 6) is -0.487. The van der Waals surface area contributed by atoms with E-state index in [1.54, 1.807) is 0 Å². The van der Waals surface area contributed by atoms with Gasteiger partial charge in [-0.3, -0.25) is 25.0 Å². The van der Waals surface area contributed by atoms with E-state index in [0.29, 0.717) is 5.69 Å². The number of para-hydroxylation sites is 1. The van der Waals surface area contributed by atoms with Gasteiger partial charge in [0.2, 0.25) is 0 Å². The molecule has 0 aromatic heterocycles. The number of amides is 1. The number of aryl methyl sites for hydroxylation is 1. The fourth-order valence-electron chi connectivity index (χ4n) is 2.72. The molecule has 0 aliphatic heterocycles. The fraction of sp³-hybridized carbons (Fsp3) is 0.278. The van der Waals surface area contributed by atoms with E-state index in [1.165, 1.54) is 6.92 Å². The van der Waals surface area contributed by atoms with Gasteiger partial charge in [-0.2, -0.15) is 0 Å². The van der Waals surface area contributed by atoms with E-state index in [-0.39, 0.29) is 17.0 Å². The molecular formula is C18H19N3O5. The molecular weight excluding hydrogens is 338 g/mol. The number of carbonyl (C=O) groups excluding carboxylic acids is 1. The van der Waals surface area contributed by atoms with Crippen LogP contribution >= 0.6 is 0 Å². The third-order valence-electron chi connectivity index (χ3n) is 4.17. The van der Waals surface area contributed by atoms with Gasteiger partial charge in [0.15, 0.2) is 0 Å².